The largest absolute Gasteiger partial charge is 0.495 e. The lowest BCUT2D eigenvalue weighted by Gasteiger charge is -2.11. The van der Waals surface area contributed by atoms with Gasteiger partial charge in [0.25, 0.3) is 5.56 Å². The van der Waals surface area contributed by atoms with E-state index in [1.807, 2.05) is 0 Å². The van der Waals surface area contributed by atoms with Crippen LogP contribution in [-0.4, -0.2) is 24.7 Å². The van der Waals surface area contributed by atoms with Gasteiger partial charge in [0, 0.05) is 6.20 Å². The van der Waals surface area contributed by atoms with E-state index < -0.39 is 0 Å². The van der Waals surface area contributed by atoms with Crippen LogP contribution in [0, 0.1) is 0 Å². The Hall–Kier alpha value is -2.76. The molecule has 2 rings (SSSR count). The third-order valence-electron chi connectivity index (χ3n) is 2.90. The van der Waals surface area contributed by atoms with E-state index in [0.717, 1.165) is 0 Å². The molecular weight excluding hydrogens is 272 g/mol. The minimum atomic E-state index is -0.352. The predicted molar refractivity (Wildman–Crippen MR) is 78.9 cm³/mol. The Balaban J connectivity index is 2.14. The molecule has 0 aliphatic rings. The molecule has 0 fully saturated rings. The number of carbonyl (C=O) groups excluding carboxylic acids is 1. The van der Waals surface area contributed by atoms with Crippen LogP contribution in [0.3, 0.4) is 0 Å². The molecule has 0 aliphatic heterocycles. The summed E-state index contributed by atoms with van der Waals surface area (Å²) in [6, 6.07) is 10.3. The van der Waals surface area contributed by atoms with E-state index in [1.54, 1.807) is 36.4 Å². The number of amides is 1. The Morgan fingerprint density at radius 1 is 1.10 bits per heavy atom. The van der Waals surface area contributed by atoms with Gasteiger partial charge in [-0.15, -0.1) is 0 Å². The highest BCUT2D eigenvalue weighted by atomic mass is 16.5. The molecule has 1 aromatic heterocycles. The number of aromatic nitrogens is 1. The van der Waals surface area contributed by atoms with E-state index in [2.05, 4.69) is 5.32 Å². The third-order valence-corrected chi connectivity index (χ3v) is 2.90. The van der Waals surface area contributed by atoms with Crippen LogP contribution in [0.4, 0.5) is 5.69 Å². The van der Waals surface area contributed by atoms with E-state index in [-0.39, 0.29) is 23.8 Å². The van der Waals surface area contributed by atoms with E-state index >= 15 is 0 Å². The number of rotatable bonds is 5. The molecule has 2 aromatic rings. The van der Waals surface area contributed by atoms with Crippen molar-refractivity contribution < 1.29 is 14.3 Å². The number of methoxy groups -OCH3 is 2. The first-order valence-corrected chi connectivity index (χ1v) is 6.32. The van der Waals surface area contributed by atoms with Gasteiger partial charge in [-0.3, -0.25) is 9.59 Å². The highest BCUT2D eigenvalue weighted by Crippen LogP contribution is 2.22. The molecule has 1 heterocycles. The normalized spacial score (nSPS) is 10.0. The number of pyridine rings is 1. The van der Waals surface area contributed by atoms with Gasteiger partial charge in [0.2, 0.25) is 5.91 Å². The first kappa shape index (κ1) is 14.6. The average molecular weight is 288 g/mol. The second kappa shape index (κ2) is 6.60. The molecule has 1 aromatic carbocycles. The number of benzene rings is 1. The number of hydrogen-bond donors (Lipinski definition) is 1. The molecule has 1 amide bonds. The smallest absolute Gasteiger partial charge is 0.293 e. The van der Waals surface area contributed by atoms with Crippen molar-refractivity contribution in [3.63, 3.8) is 0 Å². The van der Waals surface area contributed by atoms with Crippen LogP contribution < -0.4 is 20.3 Å². The summed E-state index contributed by atoms with van der Waals surface area (Å²) in [6.45, 7) is -0.103. The van der Waals surface area contributed by atoms with Crippen molar-refractivity contribution in [2.24, 2.45) is 0 Å². The second-order valence-corrected chi connectivity index (χ2v) is 4.26. The Morgan fingerprint density at radius 3 is 2.48 bits per heavy atom. The van der Waals surface area contributed by atoms with E-state index in [4.69, 9.17) is 9.47 Å². The quantitative estimate of drug-likeness (QED) is 0.905. The van der Waals surface area contributed by atoms with E-state index in [1.165, 1.54) is 25.0 Å². The molecule has 6 heteroatoms. The van der Waals surface area contributed by atoms with Gasteiger partial charge in [0.1, 0.15) is 12.3 Å². The molecule has 110 valence electrons. The summed E-state index contributed by atoms with van der Waals surface area (Å²) in [5.41, 5.74) is 0.205. The summed E-state index contributed by atoms with van der Waals surface area (Å²) in [5.74, 6) is 0.432. The molecule has 6 nitrogen and oxygen atoms in total. The summed E-state index contributed by atoms with van der Waals surface area (Å²) < 4.78 is 11.4. The number of ether oxygens (including phenoxy) is 2. The molecule has 0 unspecified atom stereocenters. The van der Waals surface area contributed by atoms with Gasteiger partial charge in [-0.25, -0.2) is 0 Å². The maximum Gasteiger partial charge on any atom is 0.293 e. The molecule has 0 saturated heterocycles. The minimum absolute atomic E-state index is 0.103. The molecule has 0 aliphatic carbocycles. The summed E-state index contributed by atoms with van der Waals surface area (Å²) in [7, 11) is 2.94. The third kappa shape index (κ3) is 3.42. The van der Waals surface area contributed by atoms with Crippen molar-refractivity contribution >= 4 is 11.6 Å². The van der Waals surface area contributed by atoms with Crippen molar-refractivity contribution in [2.75, 3.05) is 19.5 Å². The molecule has 0 saturated carbocycles. The Kier molecular flexibility index (Phi) is 4.61. The number of carbonyl (C=O) groups is 1. The second-order valence-electron chi connectivity index (χ2n) is 4.26. The van der Waals surface area contributed by atoms with Gasteiger partial charge in [0.05, 0.1) is 19.9 Å². The SMILES string of the molecule is COc1ccccc1NC(=O)Cn1cccc(OC)c1=O. The molecular formula is C15H16N2O4. The Bertz CT molecular complexity index is 694. The van der Waals surface area contributed by atoms with Gasteiger partial charge in [-0.2, -0.15) is 0 Å². The number of nitrogens with zero attached hydrogens (tertiary/aromatic N) is 1. The summed E-state index contributed by atoms with van der Waals surface area (Å²) >= 11 is 0. The fourth-order valence-corrected chi connectivity index (χ4v) is 1.89. The number of hydrogen-bond acceptors (Lipinski definition) is 4. The van der Waals surface area contributed by atoms with Crippen LogP contribution in [0.5, 0.6) is 11.5 Å². The van der Waals surface area contributed by atoms with E-state index in [0.29, 0.717) is 11.4 Å². The van der Waals surface area contributed by atoms with Gasteiger partial charge >= 0.3 is 0 Å². The van der Waals surface area contributed by atoms with Crippen molar-refractivity contribution in [2.45, 2.75) is 6.54 Å². The highest BCUT2D eigenvalue weighted by Gasteiger charge is 2.10. The highest BCUT2D eigenvalue weighted by molar-refractivity contribution is 5.92. The van der Waals surface area contributed by atoms with Gasteiger partial charge < -0.3 is 19.4 Å². The lowest BCUT2D eigenvalue weighted by Crippen LogP contribution is -2.27. The summed E-state index contributed by atoms with van der Waals surface area (Å²) in [5, 5.41) is 2.71. The van der Waals surface area contributed by atoms with Crippen molar-refractivity contribution in [1.29, 1.82) is 0 Å². The zero-order valence-electron chi connectivity index (χ0n) is 11.8. The van der Waals surface area contributed by atoms with Crippen molar-refractivity contribution in [1.82, 2.24) is 4.57 Å². The van der Waals surface area contributed by atoms with Gasteiger partial charge in [-0.1, -0.05) is 12.1 Å². The van der Waals surface area contributed by atoms with Crippen LogP contribution in [0.25, 0.3) is 0 Å². The number of para-hydroxylation sites is 2. The summed E-state index contributed by atoms with van der Waals surface area (Å²) in [6.07, 6.45) is 1.53. The van der Waals surface area contributed by atoms with Gasteiger partial charge in [-0.05, 0) is 24.3 Å². The van der Waals surface area contributed by atoms with Crippen LogP contribution in [-0.2, 0) is 11.3 Å². The minimum Gasteiger partial charge on any atom is -0.495 e. The topological polar surface area (TPSA) is 69.6 Å². The average Bonchev–Trinajstić information content (AvgIpc) is 2.50. The monoisotopic (exact) mass is 288 g/mol. The molecule has 21 heavy (non-hydrogen) atoms. The lowest BCUT2D eigenvalue weighted by atomic mass is 10.3. The first-order valence-electron chi connectivity index (χ1n) is 6.32. The van der Waals surface area contributed by atoms with Crippen molar-refractivity contribution in [3.8, 4) is 11.5 Å². The molecule has 0 bridgehead atoms. The molecule has 1 N–H and O–H groups in total. The van der Waals surface area contributed by atoms with Crippen LogP contribution in [0.2, 0.25) is 0 Å². The zero-order chi connectivity index (χ0) is 15.2. The number of nitrogens with one attached hydrogen (secondary N) is 1. The van der Waals surface area contributed by atoms with Crippen molar-refractivity contribution in [3.05, 3.63) is 52.9 Å². The standard InChI is InChI=1S/C15H16N2O4/c1-20-12-7-4-3-6-11(12)16-14(18)10-17-9-5-8-13(21-2)15(17)19/h3-9H,10H2,1-2H3,(H,16,18). The fourth-order valence-electron chi connectivity index (χ4n) is 1.89. The molecule has 0 spiro atoms. The lowest BCUT2D eigenvalue weighted by molar-refractivity contribution is -0.116. The van der Waals surface area contributed by atoms with Crippen LogP contribution in [0.15, 0.2) is 47.4 Å². The zero-order valence-corrected chi connectivity index (χ0v) is 11.8. The van der Waals surface area contributed by atoms with Gasteiger partial charge in [0.15, 0.2) is 5.75 Å². The maximum atomic E-state index is 12.0. The van der Waals surface area contributed by atoms with E-state index in [9.17, 15) is 9.59 Å². The predicted octanol–water partition coefficient (Wildman–Crippen LogP) is 1.50. The first-order chi connectivity index (χ1) is 10.2. The Morgan fingerprint density at radius 2 is 1.76 bits per heavy atom. The molecule has 0 radical (unpaired) electrons. The fraction of sp³-hybridized carbons (Fsp3) is 0.200. The van der Waals surface area contributed by atoms with Crippen LogP contribution in [0.1, 0.15) is 0 Å². The summed E-state index contributed by atoms with van der Waals surface area (Å²) in [4.78, 5) is 24.0. The maximum absolute atomic E-state index is 12.0. The van der Waals surface area contributed by atoms with Crippen LogP contribution >= 0.6 is 0 Å². The number of anilines is 1. The molecule has 0 atom stereocenters. The Labute approximate surface area is 121 Å².